The summed E-state index contributed by atoms with van der Waals surface area (Å²) in [6.45, 7) is 4.04. The normalized spacial score (nSPS) is 11.4. The van der Waals surface area contributed by atoms with Gasteiger partial charge in [-0.25, -0.2) is 9.48 Å². The number of carbonyl (C=O) groups is 3. The molecule has 2 amide bonds. The van der Waals surface area contributed by atoms with Crippen LogP contribution < -0.4 is 16.0 Å². The average molecular weight is 556 g/mol. The van der Waals surface area contributed by atoms with Gasteiger partial charge in [0.05, 0.1) is 34.7 Å². The van der Waals surface area contributed by atoms with Crippen LogP contribution in [-0.2, 0) is 22.5 Å². The van der Waals surface area contributed by atoms with Crippen LogP contribution in [0.25, 0.3) is 5.69 Å². The predicted molar refractivity (Wildman–Crippen MR) is 151 cm³/mol. The minimum absolute atomic E-state index is 0.243. The molecule has 0 spiro atoms. The SMILES string of the molecule is CN(C)Cc1cnnn1-c1cccc(C(=O)CC(=O)Nc2cc(Cl)c(N(C)C)cc2CC(C)(C)OC(N)=O)c1. The second-order valence-electron chi connectivity index (χ2n) is 10.3. The molecule has 39 heavy (non-hydrogen) atoms. The third-order valence-electron chi connectivity index (χ3n) is 5.75. The van der Waals surface area contributed by atoms with Crippen LogP contribution in [0.5, 0.6) is 0 Å². The minimum atomic E-state index is -0.953. The molecule has 0 aliphatic carbocycles. The van der Waals surface area contributed by atoms with E-state index in [2.05, 4.69) is 15.6 Å². The number of benzene rings is 2. The largest absolute Gasteiger partial charge is 0.443 e. The van der Waals surface area contributed by atoms with E-state index in [4.69, 9.17) is 22.1 Å². The van der Waals surface area contributed by atoms with Crippen molar-refractivity contribution in [1.82, 2.24) is 19.9 Å². The summed E-state index contributed by atoms with van der Waals surface area (Å²) in [4.78, 5) is 41.2. The fourth-order valence-electron chi connectivity index (χ4n) is 4.14. The van der Waals surface area contributed by atoms with E-state index in [0.717, 1.165) is 5.69 Å². The highest BCUT2D eigenvalue weighted by Gasteiger charge is 2.26. The number of ketones is 1. The smallest absolute Gasteiger partial charge is 0.405 e. The number of anilines is 2. The molecule has 0 fully saturated rings. The monoisotopic (exact) mass is 555 g/mol. The first-order valence-electron chi connectivity index (χ1n) is 12.2. The van der Waals surface area contributed by atoms with Crippen LogP contribution in [0.2, 0.25) is 5.02 Å². The van der Waals surface area contributed by atoms with Crippen LogP contribution in [0, 0.1) is 0 Å². The predicted octanol–water partition coefficient (Wildman–Crippen LogP) is 3.68. The summed E-state index contributed by atoms with van der Waals surface area (Å²) in [7, 11) is 7.55. The van der Waals surface area contributed by atoms with Crippen LogP contribution in [0.4, 0.5) is 16.2 Å². The molecule has 12 heteroatoms. The van der Waals surface area contributed by atoms with Gasteiger partial charge in [0.15, 0.2) is 5.78 Å². The summed E-state index contributed by atoms with van der Waals surface area (Å²) in [6, 6.07) is 10.3. The molecule has 208 valence electrons. The third-order valence-corrected chi connectivity index (χ3v) is 6.06. The molecule has 1 heterocycles. The van der Waals surface area contributed by atoms with Crippen LogP contribution in [0.1, 0.15) is 41.9 Å². The highest BCUT2D eigenvalue weighted by Crippen LogP contribution is 2.34. The molecule has 2 aromatic carbocycles. The van der Waals surface area contributed by atoms with Crippen molar-refractivity contribution < 1.29 is 19.1 Å². The maximum Gasteiger partial charge on any atom is 0.405 e. The second kappa shape index (κ2) is 12.3. The number of rotatable bonds is 11. The van der Waals surface area contributed by atoms with Gasteiger partial charge in [-0.3, -0.25) is 9.59 Å². The highest BCUT2D eigenvalue weighted by molar-refractivity contribution is 6.33. The molecular weight excluding hydrogens is 522 g/mol. The van der Waals surface area contributed by atoms with Crippen LogP contribution >= 0.6 is 11.6 Å². The highest BCUT2D eigenvalue weighted by atomic mass is 35.5. The molecule has 3 rings (SSSR count). The number of nitrogens with two attached hydrogens (primary N) is 1. The van der Waals surface area contributed by atoms with Gasteiger partial charge >= 0.3 is 6.09 Å². The van der Waals surface area contributed by atoms with Crippen molar-refractivity contribution in [3.05, 3.63) is 64.4 Å². The average Bonchev–Trinajstić information content (AvgIpc) is 3.27. The molecule has 0 aliphatic rings. The van der Waals surface area contributed by atoms with Crippen molar-refractivity contribution in [2.75, 3.05) is 38.4 Å². The summed E-state index contributed by atoms with van der Waals surface area (Å²) < 4.78 is 6.90. The second-order valence-corrected chi connectivity index (χ2v) is 10.7. The number of nitrogens with one attached hydrogen (secondary N) is 1. The minimum Gasteiger partial charge on any atom is -0.443 e. The number of halogens is 1. The fourth-order valence-corrected chi connectivity index (χ4v) is 4.47. The Kier molecular flexibility index (Phi) is 9.31. The van der Waals surface area contributed by atoms with E-state index < -0.39 is 17.6 Å². The molecule has 0 unspecified atom stereocenters. The fraction of sp³-hybridized carbons (Fsp3) is 0.370. The van der Waals surface area contributed by atoms with Crippen molar-refractivity contribution in [2.45, 2.75) is 38.8 Å². The number of amides is 2. The van der Waals surface area contributed by atoms with Crippen molar-refractivity contribution in [2.24, 2.45) is 5.73 Å². The molecule has 0 saturated carbocycles. The van der Waals surface area contributed by atoms with Gasteiger partial charge in [-0.15, -0.1) is 5.10 Å². The lowest BCUT2D eigenvalue weighted by atomic mass is 9.96. The first-order valence-corrected chi connectivity index (χ1v) is 12.6. The number of hydrogen-bond acceptors (Lipinski definition) is 8. The Morgan fingerprint density at radius 2 is 1.85 bits per heavy atom. The summed E-state index contributed by atoms with van der Waals surface area (Å²) >= 11 is 6.47. The molecule has 3 aromatic rings. The standard InChI is InChI=1S/C27H34ClN7O4/c1-27(2,39-26(29)38)14-18-11-23(34(5)6)21(28)12-22(18)31-25(37)13-24(36)17-8-7-9-19(10-17)35-20(15-30-32-35)16-33(3)4/h7-12,15H,13-14,16H2,1-6H3,(H2,29,38)(H,31,37). The molecule has 0 atom stereocenters. The number of carbonyl (C=O) groups excluding carboxylic acids is 3. The Balaban J connectivity index is 1.81. The zero-order valence-corrected chi connectivity index (χ0v) is 23.7. The topological polar surface area (TPSA) is 136 Å². The zero-order valence-electron chi connectivity index (χ0n) is 23.0. The molecule has 0 aliphatic heterocycles. The van der Waals surface area contributed by atoms with Gasteiger partial charge in [0, 0.05) is 38.3 Å². The Hall–Kier alpha value is -3.96. The van der Waals surface area contributed by atoms with Crippen molar-refractivity contribution >= 4 is 40.8 Å². The lowest BCUT2D eigenvalue weighted by Gasteiger charge is -2.27. The van der Waals surface area contributed by atoms with Gasteiger partial charge in [0.2, 0.25) is 5.91 Å². The Bertz CT molecular complexity index is 1370. The quantitative estimate of drug-likeness (QED) is 0.270. The van der Waals surface area contributed by atoms with Gasteiger partial charge in [0.25, 0.3) is 0 Å². The summed E-state index contributed by atoms with van der Waals surface area (Å²) in [6.07, 6.45) is 0.619. The van der Waals surface area contributed by atoms with Gasteiger partial charge in [0.1, 0.15) is 5.60 Å². The molecule has 3 N–H and O–H groups in total. The van der Waals surface area contributed by atoms with E-state index in [0.29, 0.717) is 39.8 Å². The molecule has 0 radical (unpaired) electrons. The molecule has 11 nitrogen and oxygen atoms in total. The molecule has 1 aromatic heterocycles. The van der Waals surface area contributed by atoms with Crippen LogP contribution in [0.3, 0.4) is 0 Å². The number of nitrogens with zero attached hydrogens (tertiary/aromatic N) is 5. The van der Waals surface area contributed by atoms with Gasteiger partial charge in [-0.1, -0.05) is 28.9 Å². The van der Waals surface area contributed by atoms with E-state index in [1.807, 2.05) is 44.1 Å². The first-order chi connectivity index (χ1) is 18.3. The lowest BCUT2D eigenvalue weighted by molar-refractivity contribution is -0.115. The molecular formula is C27H34ClN7O4. The molecule has 0 saturated heterocycles. The van der Waals surface area contributed by atoms with Crippen molar-refractivity contribution in [3.63, 3.8) is 0 Å². The Morgan fingerprint density at radius 1 is 1.13 bits per heavy atom. The van der Waals surface area contributed by atoms with Crippen molar-refractivity contribution in [3.8, 4) is 5.69 Å². The van der Waals surface area contributed by atoms with E-state index >= 15 is 0 Å². The van der Waals surface area contributed by atoms with Gasteiger partial charge < -0.3 is 25.6 Å². The maximum atomic E-state index is 13.1. The van der Waals surface area contributed by atoms with Crippen LogP contribution in [-0.4, -0.2) is 71.5 Å². The third kappa shape index (κ3) is 8.01. The first kappa shape index (κ1) is 29.6. The Labute approximate surface area is 232 Å². The maximum absolute atomic E-state index is 13.1. The van der Waals surface area contributed by atoms with Crippen molar-refractivity contribution in [1.29, 1.82) is 0 Å². The van der Waals surface area contributed by atoms with Gasteiger partial charge in [-0.05, 0) is 57.8 Å². The summed E-state index contributed by atoms with van der Waals surface area (Å²) in [5.41, 5.74) is 7.96. The number of Topliss-reactive ketones (excluding diaryl/α,β-unsaturated/α-hetero) is 1. The van der Waals surface area contributed by atoms with E-state index in [9.17, 15) is 14.4 Å². The number of aromatic nitrogens is 3. The zero-order chi connectivity index (χ0) is 28.9. The van der Waals surface area contributed by atoms with Gasteiger partial charge in [-0.2, -0.15) is 0 Å². The van der Waals surface area contributed by atoms with Crippen LogP contribution in [0.15, 0.2) is 42.6 Å². The number of primary amides is 1. The Morgan fingerprint density at radius 3 is 2.49 bits per heavy atom. The van der Waals surface area contributed by atoms with E-state index in [-0.39, 0.29) is 18.6 Å². The summed E-state index contributed by atoms with van der Waals surface area (Å²) in [5, 5.41) is 11.3. The van der Waals surface area contributed by atoms with E-state index in [1.54, 1.807) is 55.1 Å². The lowest BCUT2D eigenvalue weighted by Crippen LogP contribution is -2.33. The molecule has 0 bridgehead atoms. The number of ether oxygens (including phenoxy) is 1. The van der Waals surface area contributed by atoms with E-state index in [1.165, 1.54) is 0 Å². The number of hydrogen-bond donors (Lipinski definition) is 2. The summed E-state index contributed by atoms with van der Waals surface area (Å²) in [5.74, 6) is -0.874.